The van der Waals surface area contributed by atoms with Crippen molar-refractivity contribution in [3.8, 4) is 5.75 Å². The van der Waals surface area contributed by atoms with Gasteiger partial charge in [0.2, 0.25) is 5.95 Å². The molecule has 0 bridgehead atoms. The number of hydrogen-bond acceptors (Lipinski definition) is 11. The molecule has 3 aromatic heterocycles. The fourth-order valence-corrected chi connectivity index (χ4v) is 4.87. The van der Waals surface area contributed by atoms with E-state index in [4.69, 9.17) is 9.47 Å². The molecule has 0 radical (unpaired) electrons. The van der Waals surface area contributed by atoms with Crippen LogP contribution in [0.2, 0.25) is 0 Å². The monoisotopic (exact) mass is 535 g/mol. The van der Waals surface area contributed by atoms with E-state index >= 15 is 0 Å². The first kappa shape index (κ1) is 25.2. The third-order valence-corrected chi connectivity index (χ3v) is 7.05. The SMILES string of the molecule is CC1(C)Oc2ccc(Nc3nc(Nc4ccc(N5CCC(N6CCOCC6)C5)nc4)ncc3F)nc2NC1=O. The molecule has 0 spiro atoms. The predicted molar refractivity (Wildman–Crippen MR) is 143 cm³/mol. The molecule has 3 N–H and O–H groups in total. The number of nitrogens with zero attached hydrogens (tertiary/aromatic N) is 6. The van der Waals surface area contributed by atoms with Crippen LogP contribution in [-0.2, 0) is 9.53 Å². The summed E-state index contributed by atoms with van der Waals surface area (Å²) in [5.41, 5.74) is -0.329. The van der Waals surface area contributed by atoms with Gasteiger partial charge in [-0.15, -0.1) is 0 Å². The topological polar surface area (TPSA) is 130 Å². The van der Waals surface area contributed by atoms with Crippen LogP contribution in [0.25, 0.3) is 0 Å². The van der Waals surface area contributed by atoms with Gasteiger partial charge in [-0.2, -0.15) is 4.98 Å². The van der Waals surface area contributed by atoms with Crippen LogP contribution in [0, 0.1) is 5.82 Å². The predicted octanol–water partition coefficient (Wildman–Crippen LogP) is 2.91. The smallest absolute Gasteiger partial charge is 0.269 e. The molecule has 3 aliphatic rings. The van der Waals surface area contributed by atoms with E-state index in [-0.39, 0.29) is 29.3 Å². The molecule has 2 fully saturated rings. The van der Waals surface area contributed by atoms with E-state index in [0.717, 1.165) is 57.8 Å². The number of amides is 1. The minimum absolute atomic E-state index is 0.0702. The molecule has 3 aliphatic heterocycles. The Labute approximate surface area is 225 Å². The number of carbonyl (C=O) groups excluding carboxylic acids is 1. The first-order chi connectivity index (χ1) is 18.8. The van der Waals surface area contributed by atoms with E-state index in [1.807, 2.05) is 12.1 Å². The van der Waals surface area contributed by atoms with Crippen LogP contribution in [0.3, 0.4) is 0 Å². The molecular formula is C26H30FN9O3. The van der Waals surface area contributed by atoms with Gasteiger partial charge in [0, 0.05) is 32.2 Å². The minimum atomic E-state index is -1.00. The lowest BCUT2D eigenvalue weighted by molar-refractivity contribution is -0.129. The number of ether oxygens (including phenoxy) is 2. The van der Waals surface area contributed by atoms with Crippen molar-refractivity contribution in [2.45, 2.75) is 31.9 Å². The average molecular weight is 536 g/mol. The van der Waals surface area contributed by atoms with Crippen molar-refractivity contribution in [2.24, 2.45) is 0 Å². The van der Waals surface area contributed by atoms with E-state index in [1.165, 1.54) is 0 Å². The molecule has 0 aliphatic carbocycles. The van der Waals surface area contributed by atoms with Gasteiger partial charge < -0.3 is 30.3 Å². The van der Waals surface area contributed by atoms with Crippen molar-refractivity contribution >= 4 is 40.8 Å². The van der Waals surface area contributed by atoms with Crippen LogP contribution < -0.4 is 25.6 Å². The van der Waals surface area contributed by atoms with Gasteiger partial charge in [-0.1, -0.05) is 0 Å². The third kappa shape index (κ3) is 5.40. The second kappa shape index (κ2) is 10.2. The van der Waals surface area contributed by atoms with Crippen molar-refractivity contribution in [1.29, 1.82) is 0 Å². The number of hydrogen-bond donors (Lipinski definition) is 3. The van der Waals surface area contributed by atoms with Crippen molar-refractivity contribution in [2.75, 3.05) is 60.2 Å². The summed E-state index contributed by atoms with van der Waals surface area (Å²) < 4.78 is 25.7. The number of carbonyl (C=O) groups is 1. The Morgan fingerprint density at radius 3 is 2.69 bits per heavy atom. The molecule has 1 atom stereocenters. The van der Waals surface area contributed by atoms with Gasteiger partial charge in [-0.25, -0.2) is 19.3 Å². The van der Waals surface area contributed by atoms with Gasteiger partial charge in [0.15, 0.2) is 28.8 Å². The first-order valence-electron chi connectivity index (χ1n) is 12.9. The number of fused-ring (bicyclic) bond motifs is 1. The van der Waals surface area contributed by atoms with Crippen molar-refractivity contribution in [3.05, 3.63) is 42.5 Å². The number of pyridine rings is 2. The molecule has 0 aromatic carbocycles. The lowest BCUT2D eigenvalue weighted by Gasteiger charge is -2.32. The molecule has 39 heavy (non-hydrogen) atoms. The molecule has 0 saturated carbocycles. The molecule has 13 heteroatoms. The van der Waals surface area contributed by atoms with E-state index in [2.05, 4.69) is 45.7 Å². The summed E-state index contributed by atoms with van der Waals surface area (Å²) in [4.78, 5) is 34.2. The Morgan fingerprint density at radius 2 is 1.90 bits per heavy atom. The quantitative estimate of drug-likeness (QED) is 0.431. The van der Waals surface area contributed by atoms with Crippen LogP contribution in [0.4, 0.5) is 39.3 Å². The molecule has 3 aromatic rings. The summed E-state index contributed by atoms with van der Waals surface area (Å²) in [6, 6.07) is 7.65. The van der Waals surface area contributed by atoms with Crippen LogP contribution in [-0.4, -0.2) is 81.8 Å². The standard InChI is InChI=1S/C26H30FN9O3/c1-26(2)24(37)33-23-19(39-26)4-5-20(32-23)31-22-18(27)14-29-25(34-22)30-16-3-6-21(28-13-16)36-8-7-17(15-36)35-9-11-38-12-10-35/h3-6,13-14,17H,7-12,15H2,1-2H3,(H3,29,30,31,32,33,34,37). The molecule has 12 nitrogen and oxygen atoms in total. The fraction of sp³-hybridized carbons (Fsp3) is 0.423. The molecule has 1 amide bonds. The Balaban J connectivity index is 1.10. The number of nitrogens with one attached hydrogen (secondary N) is 3. The van der Waals surface area contributed by atoms with Gasteiger partial charge in [-0.05, 0) is 44.5 Å². The Kier molecular flexibility index (Phi) is 6.61. The Hall–Kier alpha value is -4.10. The molecular weight excluding hydrogens is 505 g/mol. The van der Waals surface area contributed by atoms with Crippen LogP contribution in [0.15, 0.2) is 36.7 Å². The van der Waals surface area contributed by atoms with Gasteiger partial charge >= 0.3 is 0 Å². The summed E-state index contributed by atoms with van der Waals surface area (Å²) in [5, 5.41) is 8.62. The molecule has 204 valence electrons. The maximum absolute atomic E-state index is 14.5. The summed E-state index contributed by atoms with van der Waals surface area (Å²) in [7, 11) is 0. The highest BCUT2D eigenvalue weighted by atomic mass is 19.1. The zero-order chi connectivity index (χ0) is 27.0. The van der Waals surface area contributed by atoms with Crippen LogP contribution >= 0.6 is 0 Å². The van der Waals surface area contributed by atoms with Gasteiger partial charge in [0.1, 0.15) is 11.6 Å². The van der Waals surface area contributed by atoms with Crippen molar-refractivity contribution < 1.29 is 18.7 Å². The summed E-state index contributed by atoms with van der Waals surface area (Å²) >= 11 is 0. The molecule has 2 saturated heterocycles. The maximum atomic E-state index is 14.5. The van der Waals surface area contributed by atoms with E-state index in [0.29, 0.717) is 17.5 Å². The maximum Gasteiger partial charge on any atom is 0.269 e. The largest absolute Gasteiger partial charge is 0.474 e. The number of rotatable bonds is 6. The number of morpholine rings is 1. The second-order valence-corrected chi connectivity index (χ2v) is 10.2. The fourth-order valence-electron chi connectivity index (χ4n) is 4.87. The van der Waals surface area contributed by atoms with Gasteiger partial charge in [0.25, 0.3) is 5.91 Å². The number of halogens is 1. The zero-order valence-electron chi connectivity index (χ0n) is 21.8. The highest BCUT2D eigenvalue weighted by Crippen LogP contribution is 2.33. The van der Waals surface area contributed by atoms with Crippen molar-refractivity contribution in [1.82, 2.24) is 24.8 Å². The Morgan fingerprint density at radius 1 is 1.05 bits per heavy atom. The summed E-state index contributed by atoms with van der Waals surface area (Å²) in [6.07, 6.45) is 3.89. The highest BCUT2D eigenvalue weighted by molar-refractivity contribution is 5.99. The average Bonchev–Trinajstić information content (AvgIpc) is 3.43. The normalized spacial score (nSPS) is 20.6. The third-order valence-electron chi connectivity index (χ3n) is 7.05. The highest BCUT2D eigenvalue weighted by Gasteiger charge is 2.36. The summed E-state index contributed by atoms with van der Waals surface area (Å²) in [5.74, 6) is 1.02. The Bertz CT molecular complexity index is 1370. The first-order valence-corrected chi connectivity index (χ1v) is 12.9. The molecule has 6 heterocycles. The van der Waals surface area contributed by atoms with Crippen LogP contribution in [0.5, 0.6) is 5.75 Å². The second-order valence-electron chi connectivity index (χ2n) is 10.2. The summed E-state index contributed by atoms with van der Waals surface area (Å²) in [6.45, 7) is 8.80. The van der Waals surface area contributed by atoms with E-state index < -0.39 is 11.4 Å². The molecule has 6 rings (SSSR count). The van der Waals surface area contributed by atoms with E-state index in [9.17, 15) is 9.18 Å². The number of anilines is 6. The zero-order valence-corrected chi connectivity index (χ0v) is 21.8. The molecule has 1 unspecified atom stereocenters. The lowest BCUT2D eigenvalue weighted by Crippen LogP contribution is -2.46. The minimum Gasteiger partial charge on any atom is -0.474 e. The van der Waals surface area contributed by atoms with Gasteiger partial charge in [-0.3, -0.25) is 9.69 Å². The van der Waals surface area contributed by atoms with E-state index in [1.54, 1.807) is 32.2 Å². The number of aromatic nitrogens is 4. The van der Waals surface area contributed by atoms with Gasteiger partial charge in [0.05, 0.1) is 31.3 Å². The lowest BCUT2D eigenvalue weighted by atomic mass is 10.1. The van der Waals surface area contributed by atoms with Crippen molar-refractivity contribution in [3.63, 3.8) is 0 Å². The van der Waals surface area contributed by atoms with Crippen LogP contribution in [0.1, 0.15) is 20.3 Å².